The minimum absolute atomic E-state index is 0.206. The molecule has 3 N–H and O–H groups in total. The number of aromatic nitrogens is 2. The maximum Gasteiger partial charge on any atom is 0.260 e. The van der Waals surface area contributed by atoms with Crippen LogP contribution in [0.1, 0.15) is 15.9 Å². The van der Waals surface area contributed by atoms with Gasteiger partial charge < -0.3 is 5.73 Å². The average molecular weight is 433 g/mol. The fourth-order valence-electron chi connectivity index (χ4n) is 3.05. The lowest BCUT2D eigenvalue weighted by molar-refractivity contribution is 0.102. The van der Waals surface area contributed by atoms with Crippen LogP contribution >= 0.6 is 23.1 Å². The van der Waals surface area contributed by atoms with Crippen LogP contribution in [0, 0.1) is 0 Å². The van der Waals surface area contributed by atoms with Crippen LogP contribution in [0.2, 0.25) is 0 Å². The van der Waals surface area contributed by atoms with Crippen molar-refractivity contribution in [2.24, 2.45) is 5.73 Å². The number of rotatable bonds is 6. The van der Waals surface area contributed by atoms with Crippen molar-refractivity contribution in [3.63, 3.8) is 0 Å². The molecule has 7 heteroatoms. The van der Waals surface area contributed by atoms with E-state index in [0.29, 0.717) is 22.3 Å². The van der Waals surface area contributed by atoms with E-state index in [0.717, 1.165) is 27.9 Å². The quantitative estimate of drug-likeness (QED) is 0.404. The van der Waals surface area contributed by atoms with E-state index in [1.807, 2.05) is 35.9 Å². The highest BCUT2D eigenvalue weighted by Gasteiger charge is 2.14. The van der Waals surface area contributed by atoms with Crippen molar-refractivity contribution in [2.75, 3.05) is 11.6 Å². The van der Waals surface area contributed by atoms with Gasteiger partial charge in [0, 0.05) is 23.7 Å². The summed E-state index contributed by atoms with van der Waals surface area (Å²) in [6.45, 7) is 0.533. The molecule has 4 rings (SSSR count). The fraction of sp³-hybridized carbons (Fsp3) is 0.0870. The van der Waals surface area contributed by atoms with Gasteiger partial charge in [-0.2, -0.15) is 0 Å². The number of pyridine rings is 1. The van der Waals surface area contributed by atoms with E-state index in [2.05, 4.69) is 39.6 Å². The maximum atomic E-state index is 12.6. The van der Waals surface area contributed by atoms with Crippen LogP contribution in [0.4, 0.5) is 5.13 Å². The summed E-state index contributed by atoms with van der Waals surface area (Å²) >= 11 is 2.85. The summed E-state index contributed by atoms with van der Waals surface area (Å²) in [4.78, 5) is 21.5. The second-order valence-electron chi connectivity index (χ2n) is 6.53. The smallest absolute Gasteiger partial charge is 0.260 e. The zero-order chi connectivity index (χ0) is 20.9. The number of carbonyl (C=O) groups is 1. The summed E-state index contributed by atoms with van der Waals surface area (Å²) < 4.78 is 0. The third-order valence-corrected chi connectivity index (χ3v) is 6.08. The van der Waals surface area contributed by atoms with Crippen LogP contribution in [0.3, 0.4) is 0 Å². The Morgan fingerprint density at radius 1 is 1.07 bits per heavy atom. The molecule has 150 valence electrons. The van der Waals surface area contributed by atoms with Gasteiger partial charge in [0.15, 0.2) is 5.13 Å². The van der Waals surface area contributed by atoms with Crippen molar-refractivity contribution in [1.82, 2.24) is 9.97 Å². The third kappa shape index (κ3) is 4.43. The number of thiazole rings is 1. The van der Waals surface area contributed by atoms with Crippen molar-refractivity contribution in [3.05, 3.63) is 83.4 Å². The largest absolute Gasteiger partial charge is 0.326 e. The van der Waals surface area contributed by atoms with Gasteiger partial charge in [-0.15, -0.1) is 23.1 Å². The Morgan fingerprint density at radius 2 is 1.87 bits per heavy atom. The Labute approximate surface area is 183 Å². The second kappa shape index (κ2) is 9.21. The Kier molecular flexibility index (Phi) is 6.23. The van der Waals surface area contributed by atoms with Gasteiger partial charge in [0.05, 0.1) is 11.3 Å². The molecule has 0 unspecified atom stereocenters. The minimum atomic E-state index is -0.206. The van der Waals surface area contributed by atoms with Gasteiger partial charge in [-0.1, -0.05) is 42.5 Å². The van der Waals surface area contributed by atoms with Crippen LogP contribution in [0.5, 0.6) is 0 Å². The van der Waals surface area contributed by atoms with Crippen LogP contribution in [-0.4, -0.2) is 22.1 Å². The van der Waals surface area contributed by atoms with Crippen LogP contribution in [0.25, 0.3) is 22.4 Å². The topological polar surface area (TPSA) is 80.9 Å². The molecule has 0 aliphatic rings. The molecule has 0 spiro atoms. The first-order chi connectivity index (χ1) is 14.7. The van der Waals surface area contributed by atoms with E-state index in [9.17, 15) is 4.79 Å². The van der Waals surface area contributed by atoms with E-state index in [1.165, 1.54) is 23.1 Å². The number of nitrogens with one attached hydrogen (secondary N) is 1. The van der Waals surface area contributed by atoms with E-state index >= 15 is 0 Å². The first-order valence-electron chi connectivity index (χ1n) is 9.33. The Morgan fingerprint density at radius 3 is 2.63 bits per heavy atom. The molecule has 0 aliphatic heterocycles. The molecule has 30 heavy (non-hydrogen) atoms. The van der Waals surface area contributed by atoms with E-state index in [-0.39, 0.29) is 5.91 Å². The zero-order valence-corrected chi connectivity index (χ0v) is 18.0. The van der Waals surface area contributed by atoms with Gasteiger partial charge in [-0.05, 0) is 41.1 Å². The highest BCUT2D eigenvalue weighted by Crippen LogP contribution is 2.29. The number of nitrogens with two attached hydrogens (primary N) is 1. The molecule has 0 aliphatic carbocycles. The Balaban J connectivity index is 1.54. The minimum Gasteiger partial charge on any atom is -0.326 e. The van der Waals surface area contributed by atoms with Gasteiger partial charge in [0.2, 0.25) is 0 Å². The molecular formula is C23H20N4OS2. The second-order valence-corrected chi connectivity index (χ2v) is 8.19. The van der Waals surface area contributed by atoms with Crippen molar-refractivity contribution in [2.45, 2.75) is 11.6 Å². The molecule has 2 aromatic heterocycles. The monoisotopic (exact) mass is 432 g/mol. The molecule has 5 nitrogen and oxygen atoms in total. The molecule has 0 bridgehead atoms. The number of hydrogen-bond donors (Lipinski definition) is 2. The van der Waals surface area contributed by atoms with Crippen molar-refractivity contribution in [1.29, 1.82) is 0 Å². The van der Waals surface area contributed by atoms with Crippen LogP contribution < -0.4 is 11.1 Å². The first kappa shape index (κ1) is 20.3. The lowest BCUT2D eigenvalue weighted by atomic mass is 10.0. The highest BCUT2D eigenvalue weighted by molar-refractivity contribution is 7.98. The summed E-state index contributed by atoms with van der Waals surface area (Å²) in [7, 11) is 0. The van der Waals surface area contributed by atoms with Gasteiger partial charge in [-0.3, -0.25) is 10.1 Å². The number of thioether (sulfide) groups is 1. The molecule has 1 amide bonds. The van der Waals surface area contributed by atoms with E-state index < -0.39 is 0 Å². The van der Waals surface area contributed by atoms with Gasteiger partial charge in [0.25, 0.3) is 5.91 Å². The Bertz CT molecular complexity index is 1170. The lowest BCUT2D eigenvalue weighted by Crippen LogP contribution is -2.13. The van der Waals surface area contributed by atoms with Gasteiger partial charge >= 0.3 is 0 Å². The predicted octanol–water partition coefficient (Wildman–Crippen LogP) is 5.31. The first-order valence-corrected chi connectivity index (χ1v) is 11.4. The summed E-state index contributed by atoms with van der Waals surface area (Å²) in [6.07, 6.45) is 3.58. The van der Waals surface area contributed by atoms with Crippen molar-refractivity contribution >= 4 is 34.1 Å². The normalized spacial score (nSPS) is 10.7. The molecule has 0 atom stereocenters. The maximum absolute atomic E-state index is 12.6. The van der Waals surface area contributed by atoms with Crippen LogP contribution in [0.15, 0.2) is 77.3 Å². The number of anilines is 1. The molecular weight excluding hydrogens is 412 g/mol. The number of benzene rings is 2. The number of carbonyl (C=O) groups excluding carboxylic acids is 1. The fourth-order valence-corrected chi connectivity index (χ4v) is 4.31. The molecule has 0 saturated heterocycles. The summed E-state index contributed by atoms with van der Waals surface area (Å²) in [5, 5.41) is 6.09. The number of amides is 1. The summed E-state index contributed by atoms with van der Waals surface area (Å²) in [5.74, 6) is -0.206. The molecule has 4 aromatic rings. The molecule has 2 aromatic carbocycles. The molecule has 2 heterocycles. The van der Waals surface area contributed by atoms with E-state index in [4.69, 9.17) is 5.73 Å². The van der Waals surface area contributed by atoms with E-state index in [1.54, 1.807) is 18.3 Å². The molecule has 0 fully saturated rings. The average Bonchev–Trinajstić information content (AvgIpc) is 3.27. The number of hydrogen-bond acceptors (Lipinski definition) is 6. The van der Waals surface area contributed by atoms with Gasteiger partial charge in [-0.25, -0.2) is 9.97 Å². The van der Waals surface area contributed by atoms with Crippen molar-refractivity contribution in [3.8, 4) is 22.4 Å². The zero-order valence-electron chi connectivity index (χ0n) is 16.3. The SMILES string of the molecule is CSc1ncccc1C(=O)Nc1nc(-c2cccc(-c3ccc(CN)cc3)c2)cs1. The summed E-state index contributed by atoms with van der Waals surface area (Å²) in [5.41, 5.74) is 11.4. The Hall–Kier alpha value is -3.00. The van der Waals surface area contributed by atoms with Gasteiger partial charge in [0.1, 0.15) is 5.03 Å². The highest BCUT2D eigenvalue weighted by atomic mass is 32.2. The summed E-state index contributed by atoms with van der Waals surface area (Å²) in [6, 6.07) is 20.0. The third-order valence-electron chi connectivity index (χ3n) is 4.62. The van der Waals surface area contributed by atoms with Crippen molar-refractivity contribution < 1.29 is 4.79 Å². The van der Waals surface area contributed by atoms with Crippen LogP contribution in [-0.2, 0) is 6.54 Å². The molecule has 0 saturated carbocycles. The standard InChI is InChI=1S/C23H20N4OS2/c1-29-22-19(6-3-11-25-22)21(28)27-23-26-20(14-30-23)18-5-2-4-17(12-18)16-9-7-15(13-24)8-10-16/h2-12,14H,13,24H2,1H3,(H,26,27,28). The lowest BCUT2D eigenvalue weighted by Gasteiger charge is -2.06. The number of nitrogens with zero attached hydrogens (tertiary/aromatic N) is 2. The predicted molar refractivity (Wildman–Crippen MR) is 125 cm³/mol. The molecule has 0 radical (unpaired) electrons.